The van der Waals surface area contributed by atoms with E-state index in [4.69, 9.17) is 4.74 Å². The third-order valence-corrected chi connectivity index (χ3v) is 5.02. The summed E-state index contributed by atoms with van der Waals surface area (Å²) < 4.78 is 6.10. The summed E-state index contributed by atoms with van der Waals surface area (Å²) in [5, 5.41) is 7.80. The van der Waals surface area contributed by atoms with E-state index in [2.05, 4.69) is 27.2 Å². The molecule has 0 radical (unpaired) electrons. The first-order valence-electron chi connectivity index (χ1n) is 8.01. The molecule has 2 aromatic heterocycles. The van der Waals surface area contributed by atoms with Crippen molar-refractivity contribution in [3.63, 3.8) is 0 Å². The average Bonchev–Trinajstić information content (AvgIpc) is 3.00. The van der Waals surface area contributed by atoms with E-state index in [0.29, 0.717) is 24.0 Å². The van der Waals surface area contributed by atoms with Crippen LogP contribution in [0, 0.1) is 5.92 Å². The van der Waals surface area contributed by atoms with E-state index in [1.807, 2.05) is 0 Å². The minimum Gasteiger partial charge on any atom is -0.383 e. The second-order valence-electron chi connectivity index (χ2n) is 6.00. The molecule has 1 N–H and O–H groups in total. The Morgan fingerprint density at radius 1 is 1.54 bits per heavy atom. The number of rotatable bonds is 5. The summed E-state index contributed by atoms with van der Waals surface area (Å²) in [6.45, 7) is 4.80. The number of piperidine rings is 1. The van der Waals surface area contributed by atoms with Crippen LogP contribution >= 0.6 is 11.3 Å². The molecule has 0 spiro atoms. The van der Waals surface area contributed by atoms with Gasteiger partial charge in [0.15, 0.2) is 0 Å². The van der Waals surface area contributed by atoms with Gasteiger partial charge in [-0.25, -0.2) is 4.98 Å². The van der Waals surface area contributed by atoms with Gasteiger partial charge in [-0.05, 0) is 18.8 Å². The molecule has 3 heterocycles. The Kier molecular flexibility index (Phi) is 5.10. The molecule has 0 bridgehead atoms. The van der Waals surface area contributed by atoms with Gasteiger partial charge in [0, 0.05) is 32.9 Å². The smallest absolute Gasteiger partial charge is 0.288 e. The Morgan fingerprint density at radius 2 is 2.38 bits per heavy atom. The second-order valence-corrected chi connectivity index (χ2v) is 6.93. The normalized spacial score (nSPS) is 18.1. The number of hydrogen-bond donors (Lipinski definition) is 1. The summed E-state index contributed by atoms with van der Waals surface area (Å²) in [4.78, 5) is 31.5. The highest BCUT2D eigenvalue weighted by atomic mass is 32.1. The first-order valence-corrected chi connectivity index (χ1v) is 8.82. The zero-order valence-corrected chi connectivity index (χ0v) is 14.6. The molecule has 8 nitrogen and oxygen atoms in total. The third-order valence-electron chi connectivity index (χ3n) is 4.04. The molecule has 9 heteroatoms. The molecule has 0 aliphatic carbocycles. The molecule has 0 saturated carbocycles. The second kappa shape index (κ2) is 7.27. The number of hydrogen-bond acceptors (Lipinski definition) is 7. The fourth-order valence-corrected chi connectivity index (χ4v) is 3.68. The van der Waals surface area contributed by atoms with Crippen molar-refractivity contribution in [2.24, 2.45) is 5.92 Å². The maximum Gasteiger partial charge on any atom is 0.288 e. The lowest BCUT2D eigenvalue weighted by Crippen LogP contribution is -2.35. The summed E-state index contributed by atoms with van der Waals surface area (Å²) in [5.74, 6) is 0.151. The molecule has 130 valence electrons. The number of ether oxygens (including phenoxy) is 1. The lowest BCUT2D eigenvalue weighted by molar-refractivity contribution is 0.0935. The van der Waals surface area contributed by atoms with Gasteiger partial charge in [0.25, 0.3) is 11.5 Å². The highest BCUT2D eigenvalue weighted by Gasteiger charge is 2.22. The molecule has 1 aliphatic heterocycles. The number of nitrogens with one attached hydrogen (secondary N) is 1. The standard InChI is InChI=1S/C15H21N5O3S/c1-10-4-3-6-19(9-10)15-18-20-13(22)11(8-17-14(20)24-15)12(21)16-5-7-23-2/h8,10H,3-7,9H2,1-2H3,(H,16,21)/t10-/m0/s1. The van der Waals surface area contributed by atoms with E-state index < -0.39 is 11.5 Å². The van der Waals surface area contributed by atoms with Crippen LogP contribution in [0.1, 0.15) is 30.1 Å². The molecule has 1 aliphatic rings. The first-order chi connectivity index (χ1) is 11.6. The Hall–Kier alpha value is -2.00. The van der Waals surface area contributed by atoms with Crippen molar-refractivity contribution in [2.45, 2.75) is 19.8 Å². The van der Waals surface area contributed by atoms with Crippen molar-refractivity contribution < 1.29 is 9.53 Å². The molecular formula is C15H21N5O3S. The Bertz CT molecular complexity index is 787. The van der Waals surface area contributed by atoms with Crippen LogP contribution in [-0.4, -0.2) is 53.9 Å². The van der Waals surface area contributed by atoms with Crippen LogP contribution in [0.5, 0.6) is 0 Å². The lowest BCUT2D eigenvalue weighted by atomic mass is 10.0. The van der Waals surface area contributed by atoms with Gasteiger partial charge in [0.2, 0.25) is 10.1 Å². The lowest BCUT2D eigenvalue weighted by Gasteiger charge is -2.30. The van der Waals surface area contributed by atoms with Gasteiger partial charge in [-0.1, -0.05) is 18.3 Å². The van der Waals surface area contributed by atoms with Gasteiger partial charge in [-0.3, -0.25) is 9.59 Å². The number of amides is 1. The van der Waals surface area contributed by atoms with Crippen molar-refractivity contribution >= 4 is 27.3 Å². The summed E-state index contributed by atoms with van der Waals surface area (Å²) in [6.07, 6.45) is 3.65. The highest BCUT2D eigenvalue weighted by molar-refractivity contribution is 7.20. The zero-order chi connectivity index (χ0) is 17.1. The van der Waals surface area contributed by atoms with Gasteiger partial charge >= 0.3 is 0 Å². The monoisotopic (exact) mass is 351 g/mol. The molecule has 1 atom stereocenters. The number of carbonyl (C=O) groups is 1. The number of nitrogens with zero attached hydrogens (tertiary/aromatic N) is 4. The van der Waals surface area contributed by atoms with Crippen LogP contribution in [-0.2, 0) is 4.74 Å². The van der Waals surface area contributed by atoms with Crippen LogP contribution in [0.2, 0.25) is 0 Å². The van der Waals surface area contributed by atoms with E-state index >= 15 is 0 Å². The molecule has 0 unspecified atom stereocenters. The third kappa shape index (κ3) is 3.41. The zero-order valence-electron chi connectivity index (χ0n) is 13.8. The van der Waals surface area contributed by atoms with Crippen molar-refractivity contribution in [1.29, 1.82) is 0 Å². The molecule has 1 amide bonds. The summed E-state index contributed by atoms with van der Waals surface area (Å²) in [6, 6.07) is 0. The Balaban J connectivity index is 1.86. The van der Waals surface area contributed by atoms with E-state index in [0.717, 1.165) is 24.6 Å². The molecule has 1 saturated heterocycles. The maximum absolute atomic E-state index is 12.5. The van der Waals surface area contributed by atoms with E-state index in [-0.39, 0.29) is 5.56 Å². The van der Waals surface area contributed by atoms with Crippen molar-refractivity contribution in [2.75, 3.05) is 38.3 Å². The molecular weight excluding hydrogens is 330 g/mol. The van der Waals surface area contributed by atoms with Crippen molar-refractivity contribution in [1.82, 2.24) is 19.9 Å². The highest BCUT2D eigenvalue weighted by Crippen LogP contribution is 2.26. The topological polar surface area (TPSA) is 88.8 Å². The Morgan fingerprint density at radius 3 is 3.12 bits per heavy atom. The number of fused-ring (bicyclic) bond motifs is 1. The predicted molar refractivity (Wildman–Crippen MR) is 92.0 cm³/mol. The fraction of sp³-hybridized carbons (Fsp3) is 0.600. The van der Waals surface area contributed by atoms with Gasteiger partial charge in [-0.15, -0.1) is 5.10 Å². The number of anilines is 1. The van der Waals surface area contributed by atoms with Crippen LogP contribution in [0.3, 0.4) is 0 Å². The minimum absolute atomic E-state index is 0.00698. The van der Waals surface area contributed by atoms with Gasteiger partial charge in [-0.2, -0.15) is 4.52 Å². The number of methoxy groups -OCH3 is 1. The van der Waals surface area contributed by atoms with Gasteiger partial charge < -0.3 is 15.0 Å². The number of carbonyl (C=O) groups excluding carboxylic acids is 1. The van der Waals surface area contributed by atoms with Gasteiger partial charge in [0.05, 0.1) is 6.61 Å². The largest absolute Gasteiger partial charge is 0.383 e. The van der Waals surface area contributed by atoms with E-state index in [1.165, 1.54) is 28.5 Å². The average molecular weight is 351 g/mol. The summed E-state index contributed by atoms with van der Waals surface area (Å²) >= 11 is 1.38. The van der Waals surface area contributed by atoms with E-state index in [1.54, 1.807) is 7.11 Å². The Labute approximate surface area is 143 Å². The minimum atomic E-state index is -0.458. The van der Waals surface area contributed by atoms with Crippen molar-refractivity contribution in [3.05, 3.63) is 22.1 Å². The molecule has 3 rings (SSSR count). The van der Waals surface area contributed by atoms with Gasteiger partial charge in [0.1, 0.15) is 5.56 Å². The van der Waals surface area contributed by atoms with E-state index in [9.17, 15) is 9.59 Å². The maximum atomic E-state index is 12.5. The fourth-order valence-electron chi connectivity index (χ4n) is 2.78. The number of aromatic nitrogens is 3. The SMILES string of the molecule is COCCNC(=O)c1cnc2sc(N3CCC[C@H](C)C3)nn2c1=O. The molecule has 1 fully saturated rings. The van der Waals surface area contributed by atoms with Crippen LogP contribution in [0.4, 0.5) is 5.13 Å². The molecule has 0 aromatic carbocycles. The summed E-state index contributed by atoms with van der Waals surface area (Å²) in [5.41, 5.74) is -0.449. The van der Waals surface area contributed by atoms with Crippen LogP contribution in [0.15, 0.2) is 11.0 Å². The van der Waals surface area contributed by atoms with Crippen molar-refractivity contribution in [3.8, 4) is 0 Å². The van der Waals surface area contributed by atoms with Crippen LogP contribution in [0.25, 0.3) is 4.96 Å². The predicted octanol–water partition coefficient (Wildman–Crippen LogP) is 0.763. The molecule has 24 heavy (non-hydrogen) atoms. The molecule has 2 aromatic rings. The summed E-state index contributed by atoms with van der Waals surface area (Å²) in [7, 11) is 1.55. The first kappa shape index (κ1) is 16.8. The quantitative estimate of drug-likeness (QED) is 0.800. The van der Waals surface area contributed by atoms with Crippen LogP contribution < -0.4 is 15.8 Å².